The van der Waals surface area contributed by atoms with Gasteiger partial charge in [0.05, 0.1) is 24.4 Å². The van der Waals surface area contributed by atoms with Crippen molar-refractivity contribution in [2.75, 3.05) is 6.61 Å². The van der Waals surface area contributed by atoms with Gasteiger partial charge in [-0.2, -0.15) is 0 Å². The zero-order valence-corrected chi connectivity index (χ0v) is 30.7. The predicted molar refractivity (Wildman–Crippen MR) is 179 cm³/mol. The third-order valence-electron chi connectivity index (χ3n) is 14.7. The number of carbonyl (C=O) groups excluding carboxylic acids is 1. The van der Waals surface area contributed by atoms with E-state index in [0.29, 0.717) is 32.1 Å². The molecule has 0 aromatic heterocycles. The van der Waals surface area contributed by atoms with Gasteiger partial charge >= 0.3 is 5.97 Å². The van der Waals surface area contributed by atoms with Crippen LogP contribution in [0.5, 0.6) is 0 Å². The summed E-state index contributed by atoms with van der Waals surface area (Å²) in [6, 6.07) is 0. The Hall–Kier alpha value is -1.11. The standard InChI is InChI=1S/C38H64O10/c1-20(2)11-10-14-38(9,48-33-31(45)30(44)29(43)25(19-39)47-33)22-12-16-36(7)28(22)23(41)17-26-35(6)15-13-27(46-21(3)40)34(4,5)32(35)24(42)18-37(26,36)8/h11,22-33,39,41-45H,10,12-19H2,1-9H3/t22-,23+,24-,25+,26+,27-,28-,29+,30-,31+,32-,33-,35+,36+,37+,38-/m0/s1. The summed E-state index contributed by atoms with van der Waals surface area (Å²) in [5.74, 6) is -0.570. The molecule has 276 valence electrons. The maximum Gasteiger partial charge on any atom is 0.302 e. The quantitative estimate of drug-likeness (QED) is 0.164. The molecule has 16 atom stereocenters. The van der Waals surface area contributed by atoms with Crippen molar-refractivity contribution in [1.29, 1.82) is 0 Å². The first kappa shape index (κ1) is 38.1. The molecule has 0 aromatic carbocycles. The largest absolute Gasteiger partial charge is 0.462 e. The van der Waals surface area contributed by atoms with Crippen LogP contribution in [0.4, 0.5) is 0 Å². The molecule has 1 heterocycles. The molecule has 0 unspecified atom stereocenters. The summed E-state index contributed by atoms with van der Waals surface area (Å²) in [4.78, 5) is 12.0. The number of carbonyl (C=O) groups is 1. The third kappa shape index (κ3) is 5.92. The lowest BCUT2D eigenvalue weighted by molar-refractivity contribution is -0.336. The third-order valence-corrected chi connectivity index (χ3v) is 14.7. The van der Waals surface area contributed by atoms with Crippen LogP contribution in [0.15, 0.2) is 11.6 Å². The van der Waals surface area contributed by atoms with Crippen LogP contribution in [0.25, 0.3) is 0 Å². The topological polar surface area (TPSA) is 166 Å². The SMILES string of the molecule is CC(=O)O[C@H]1CC[C@]2(C)[C@H]3C[C@@H](O)[C@@H]4[C@@H]([C@](C)(CCC=C(C)C)O[C@@H]5O[C@H](CO)[C@@H](O)[C@H](O)[C@H]5O)CC[C@@]4(C)[C@]3(C)C[C@H](O)[C@H]2C1(C)C. The van der Waals surface area contributed by atoms with Crippen molar-refractivity contribution in [3.8, 4) is 0 Å². The van der Waals surface area contributed by atoms with E-state index in [9.17, 15) is 35.4 Å². The summed E-state index contributed by atoms with van der Waals surface area (Å²) >= 11 is 0. The zero-order chi connectivity index (χ0) is 35.8. The van der Waals surface area contributed by atoms with E-state index in [-0.39, 0.29) is 52.0 Å². The second-order valence-electron chi connectivity index (χ2n) is 18.0. The van der Waals surface area contributed by atoms with Crippen LogP contribution in [0, 0.1) is 45.3 Å². The number of fused-ring (bicyclic) bond motifs is 5. The summed E-state index contributed by atoms with van der Waals surface area (Å²) < 4.78 is 18.4. The molecule has 0 amide bonds. The first-order chi connectivity index (χ1) is 22.2. The molecule has 4 saturated carbocycles. The fourth-order valence-corrected chi connectivity index (χ4v) is 12.4. The smallest absolute Gasteiger partial charge is 0.302 e. The molecular formula is C38H64O10. The van der Waals surface area contributed by atoms with Gasteiger partial charge in [-0.25, -0.2) is 0 Å². The van der Waals surface area contributed by atoms with Crippen molar-refractivity contribution in [2.24, 2.45) is 45.3 Å². The minimum absolute atomic E-state index is 0.102. The Morgan fingerprint density at radius 3 is 2.19 bits per heavy atom. The van der Waals surface area contributed by atoms with E-state index in [4.69, 9.17) is 14.2 Å². The van der Waals surface area contributed by atoms with Crippen LogP contribution in [-0.4, -0.2) is 97.8 Å². The van der Waals surface area contributed by atoms with Gasteiger partial charge < -0.3 is 44.8 Å². The Morgan fingerprint density at radius 2 is 1.58 bits per heavy atom. The molecule has 5 rings (SSSR count). The molecule has 48 heavy (non-hydrogen) atoms. The van der Waals surface area contributed by atoms with Gasteiger partial charge in [0.1, 0.15) is 30.5 Å². The summed E-state index contributed by atoms with van der Waals surface area (Å²) in [6.45, 7) is 18.2. The number of aliphatic hydroxyl groups is 6. The van der Waals surface area contributed by atoms with Gasteiger partial charge in [-0.15, -0.1) is 0 Å². The lowest BCUT2D eigenvalue weighted by Crippen LogP contribution is -2.70. The molecule has 0 bridgehead atoms. The van der Waals surface area contributed by atoms with Gasteiger partial charge in [0, 0.05) is 12.3 Å². The molecule has 1 aliphatic heterocycles. The van der Waals surface area contributed by atoms with Crippen molar-refractivity contribution in [2.45, 2.75) is 168 Å². The minimum Gasteiger partial charge on any atom is -0.462 e. The molecule has 0 radical (unpaired) electrons. The van der Waals surface area contributed by atoms with Crippen molar-refractivity contribution in [3.05, 3.63) is 11.6 Å². The van der Waals surface area contributed by atoms with Crippen LogP contribution >= 0.6 is 0 Å². The van der Waals surface area contributed by atoms with E-state index in [1.165, 1.54) is 12.5 Å². The Morgan fingerprint density at radius 1 is 0.917 bits per heavy atom. The van der Waals surface area contributed by atoms with Crippen LogP contribution in [0.1, 0.15) is 114 Å². The average Bonchev–Trinajstić information content (AvgIpc) is 3.36. The Kier molecular flexibility index (Phi) is 10.4. The van der Waals surface area contributed by atoms with E-state index in [1.807, 2.05) is 20.8 Å². The van der Waals surface area contributed by atoms with Gasteiger partial charge in [0.2, 0.25) is 0 Å². The molecule has 0 spiro atoms. The van der Waals surface area contributed by atoms with Crippen molar-refractivity contribution in [1.82, 2.24) is 0 Å². The lowest BCUT2D eigenvalue weighted by atomic mass is 9.34. The van der Waals surface area contributed by atoms with Crippen LogP contribution in [0.2, 0.25) is 0 Å². The van der Waals surface area contributed by atoms with E-state index < -0.39 is 60.5 Å². The van der Waals surface area contributed by atoms with Gasteiger partial charge in [-0.05, 0) is 112 Å². The Balaban J connectivity index is 1.50. The number of esters is 1. The number of allylic oxidation sites excluding steroid dienone is 2. The van der Waals surface area contributed by atoms with E-state index in [0.717, 1.165) is 19.3 Å². The maximum absolute atomic E-state index is 12.3. The molecule has 5 aliphatic rings. The van der Waals surface area contributed by atoms with Gasteiger partial charge in [0.25, 0.3) is 0 Å². The molecule has 10 heteroatoms. The molecule has 1 saturated heterocycles. The minimum atomic E-state index is -1.55. The van der Waals surface area contributed by atoms with Crippen LogP contribution in [0.3, 0.4) is 0 Å². The van der Waals surface area contributed by atoms with Crippen molar-refractivity contribution in [3.63, 3.8) is 0 Å². The summed E-state index contributed by atoms with van der Waals surface area (Å²) in [6.07, 6.45) is -0.730. The summed E-state index contributed by atoms with van der Waals surface area (Å²) in [5, 5.41) is 66.3. The number of hydrogen-bond acceptors (Lipinski definition) is 10. The van der Waals surface area contributed by atoms with Crippen LogP contribution in [-0.2, 0) is 19.0 Å². The first-order valence-corrected chi connectivity index (χ1v) is 18.3. The van der Waals surface area contributed by atoms with E-state index in [1.54, 1.807) is 0 Å². The number of aliphatic hydroxyl groups excluding tert-OH is 6. The second-order valence-corrected chi connectivity index (χ2v) is 18.0. The van der Waals surface area contributed by atoms with Crippen molar-refractivity contribution < 1.29 is 49.6 Å². The Labute approximate surface area is 287 Å². The molecule has 10 nitrogen and oxygen atoms in total. The zero-order valence-electron chi connectivity index (χ0n) is 30.7. The fraction of sp³-hybridized carbons (Fsp3) is 0.921. The summed E-state index contributed by atoms with van der Waals surface area (Å²) in [7, 11) is 0. The lowest BCUT2D eigenvalue weighted by Gasteiger charge is -2.71. The second kappa shape index (κ2) is 13.1. The molecule has 6 N–H and O–H groups in total. The highest BCUT2D eigenvalue weighted by Gasteiger charge is 2.73. The fourth-order valence-electron chi connectivity index (χ4n) is 12.4. The normalized spacial score (nSPS) is 49.6. The highest BCUT2D eigenvalue weighted by atomic mass is 16.7. The highest BCUT2D eigenvalue weighted by molar-refractivity contribution is 5.66. The molecule has 0 aromatic rings. The van der Waals surface area contributed by atoms with Crippen LogP contribution < -0.4 is 0 Å². The molecule has 4 aliphatic carbocycles. The number of ether oxygens (including phenoxy) is 3. The highest BCUT2D eigenvalue weighted by Crippen LogP contribution is 2.76. The van der Waals surface area contributed by atoms with E-state index >= 15 is 0 Å². The van der Waals surface area contributed by atoms with Gasteiger partial charge in [-0.1, -0.05) is 46.3 Å². The maximum atomic E-state index is 12.3. The molecule has 5 fully saturated rings. The summed E-state index contributed by atoms with van der Waals surface area (Å²) in [5.41, 5.74) is -1.09. The van der Waals surface area contributed by atoms with Gasteiger partial charge in [-0.3, -0.25) is 4.79 Å². The predicted octanol–water partition coefficient (Wildman–Crippen LogP) is 3.87. The molecular weight excluding hydrogens is 616 g/mol. The number of hydrogen-bond donors (Lipinski definition) is 6. The van der Waals surface area contributed by atoms with E-state index in [2.05, 4.69) is 40.7 Å². The monoisotopic (exact) mass is 680 g/mol. The van der Waals surface area contributed by atoms with Gasteiger partial charge in [0.15, 0.2) is 6.29 Å². The average molecular weight is 681 g/mol. The Bertz CT molecular complexity index is 1220. The van der Waals surface area contributed by atoms with Crippen molar-refractivity contribution >= 4 is 5.97 Å². The first-order valence-electron chi connectivity index (χ1n) is 18.3. The number of rotatable bonds is 8.